The molecule has 0 aliphatic heterocycles. The largest absolute Gasteiger partial charge is 0.319 e. The summed E-state index contributed by atoms with van der Waals surface area (Å²) in [6, 6.07) is 2.64. The first-order valence-electron chi connectivity index (χ1n) is 5.47. The van der Waals surface area contributed by atoms with Gasteiger partial charge in [-0.2, -0.15) is 5.10 Å². The maximum atomic E-state index is 13.7. The van der Waals surface area contributed by atoms with Crippen molar-refractivity contribution in [3.63, 3.8) is 0 Å². The van der Waals surface area contributed by atoms with Crippen LogP contribution in [0.2, 0.25) is 5.02 Å². The van der Waals surface area contributed by atoms with Crippen LogP contribution in [0.15, 0.2) is 24.4 Å². The van der Waals surface area contributed by atoms with Crippen molar-refractivity contribution in [3.8, 4) is 0 Å². The Balaban J connectivity index is 2.54. The molecule has 0 fully saturated rings. The van der Waals surface area contributed by atoms with E-state index in [0.717, 1.165) is 0 Å². The Kier molecular flexibility index (Phi) is 3.63. The molecule has 2 rings (SSSR count). The SMILES string of the molecule is CCn1ncc(Cl)c1C(N)c1c(F)cccc1F. The van der Waals surface area contributed by atoms with E-state index in [0.29, 0.717) is 17.3 Å². The van der Waals surface area contributed by atoms with Crippen LogP contribution in [0, 0.1) is 11.6 Å². The number of benzene rings is 1. The molecule has 1 aromatic carbocycles. The Bertz CT molecular complexity index is 548. The highest BCUT2D eigenvalue weighted by molar-refractivity contribution is 6.31. The van der Waals surface area contributed by atoms with E-state index in [1.54, 1.807) is 0 Å². The van der Waals surface area contributed by atoms with Gasteiger partial charge in [0.05, 0.1) is 23.0 Å². The Morgan fingerprint density at radius 3 is 2.56 bits per heavy atom. The van der Waals surface area contributed by atoms with Gasteiger partial charge in [0.1, 0.15) is 11.6 Å². The molecule has 0 amide bonds. The Morgan fingerprint density at radius 1 is 1.39 bits per heavy atom. The minimum absolute atomic E-state index is 0.199. The molecule has 1 unspecified atom stereocenters. The van der Waals surface area contributed by atoms with Crippen molar-refractivity contribution in [2.75, 3.05) is 0 Å². The minimum Gasteiger partial charge on any atom is -0.319 e. The third-order valence-electron chi connectivity index (χ3n) is 2.74. The van der Waals surface area contributed by atoms with Crippen LogP contribution in [0.1, 0.15) is 24.2 Å². The maximum absolute atomic E-state index is 13.7. The van der Waals surface area contributed by atoms with Gasteiger partial charge in [-0.3, -0.25) is 4.68 Å². The maximum Gasteiger partial charge on any atom is 0.131 e. The molecule has 1 aromatic heterocycles. The predicted octanol–water partition coefficient (Wildman–Crippen LogP) is 2.88. The lowest BCUT2D eigenvalue weighted by Gasteiger charge is -2.16. The van der Waals surface area contributed by atoms with Gasteiger partial charge in [-0.05, 0) is 19.1 Å². The van der Waals surface area contributed by atoms with E-state index in [-0.39, 0.29) is 5.56 Å². The normalized spacial score (nSPS) is 12.7. The van der Waals surface area contributed by atoms with Gasteiger partial charge >= 0.3 is 0 Å². The van der Waals surface area contributed by atoms with Crippen LogP contribution in [0.5, 0.6) is 0 Å². The first-order chi connectivity index (χ1) is 8.56. The lowest BCUT2D eigenvalue weighted by molar-refractivity contribution is 0.525. The van der Waals surface area contributed by atoms with Gasteiger partial charge in [0, 0.05) is 12.1 Å². The number of nitrogens with zero attached hydrogens (tertiary/aromatic N) is 2. The molecule has 0 bridgehead atoms. The number of hydrogen-bond donors (Lipinski definition) is 1. The van der Waals surface area contributed by atoms with Crippen LogP contribution in [0.25, 0.3) is 0 Å². The summed E-state index contributed by atoms with van der Waals surface area (Å²) in [4.78, 5) is 0. The monoisotopic (exact) mass is 271 g/mol. The molecule has 3 nitrogen and oxygen atoms in total. The zero-order valence-electron chi connectivity index (χ0n) is 9.70. The average Bonchev–Trinajstić information content (AvgIpc) is 2.70. The number of rotatable bonds is 3. The van der Waals surface area contributed by atoms with Crippen molar-refractivity contribution in [2.24, 2.45) is 5.73 Å². The van der Waals surface area contributed by atoms with Crippen molar-refractivity contribution < 1.29 is 8.78 Å². The summed E-state index contributed by atoms with van der Waals surface area (Å²) in [5, 5.41) is 4.30. The van der Waals surface area contributed by atoms with E-state index in [1.807, 2.05) is 6.92 Å². The van der Waals surface area contributed by atoms with Crippen LogP contribution in [0.3, 0.4) is 0 Å². The first-order valence-corrected chi connectivity index (χ1v) is 5.84. The molecule has 0 spiro atoms. The molecule has 18 heavy (non-hydrogen) atoms. The highest BCUT2D eigenvalue weighted by atomic mass is 35.5. The van der Waals surface area contributed by atoms with Gasteiger partial charge < -0.3 is 5.73 Å². The Labute approximate surface area is 108 Å². The van der Waals surface area contributed by atoms with E-state index < -0.39 is 17.7 Å². The number of nitrogens with two attached hydrogens (primary N) is 1. The summed E-state index contributed by atoms with van der Waals surface area (Å²) in [5.41, 5.74) is 6.12. The highest BCUT2D eigenvalue weighted by Gasteiger charge is 2.23. The quantitative estimate of drug-likeness (QED) is 0.933. The summed E-state index contributed by atoms with van der Waals surface area (Å²) < 4.78 is 28.9. The zero-order valence-corrected chi connectivity index (χ0v) is 10.5. The molecule has 0 saturated carbocycles. The first kappa shape index (κ1) is 13.0. The second-order valence-corrected chi connectivity index (χ2v) is 4.21. The summed E-state index contributed by atoms with van der Waals surface area (Å²) >= 11 is 5.96. The molecular weight excluding hydrogens is 260 g/mol. The van der Waals surface area contributed by atoms with Crippen LogP contribution in [-0.2, 0) is 6.54 Å². The van der Waals surface area contributed by atoms with Gasteiger partial charge in [-0.1, -0.05) is 17.7 Å². The van der Waals surface area contributed by atoms with Crippen LogP contribution >= 0.6 is 11.6 Å². The summed E-state index contributed by atoms with van der Waals surface area (Å²) in [7, 11) is 0. The lowest BCUT2D eigenvalue weighted by atomic mass is 10.0. The highest BCUT2D eigenvalue weighted by Crippen LogP contribution is 2.29. The molecular formula is C12H12ClF2N3. The van der Waals surface area contributed by atoms with Crippen molar-refractivity contribution in [1.29, 1.82) is 0 Å². The number of hydrogen-bond acceptors (Lipinski definition) is 2. The molecule has 2 N–H and O–H groups in total. The van der Waals surface area contributed by atoms with E-state index >= 15 is 0 Å². The molecule has 2 aromatic rings. The van der Waals surface area contributed by atoms with E-state index in [2.05, 4.69) is 5.10 Å². The van der Waals surface area contributed by atoms with Gasteiger partial charge in [-0.25, -0.2) is 8.78 Å². The van der Waals surface area contributed by atoms with Crippen LogP contribution in [-0.4, -0.2) is 9.78 Å². The molecule has 96 valence electrons. The van der Waals surface area contributed by atoms with Crippen molar-refractivity contribution >= 4 is 11.6 Å². The predicted molar refractivity (Wildman–Crippen MR) is 65.3 cm³/mol. The fraction of sp³-hybridized carbons (Fsp3) is 0.250. The molecule has 0 radical (unpaired) electrons. The summed E-state index contributed by atoms with van der Waals surface area (Å²) in [5.74, 6) is -1.38. The van der Waals surface area contributed by atoms with E-state index in [9.17, 15) is 8.78 Å². The topological polar surface area (TPSA) is 43.8 Å². The second-order valence-electron chi connectivity index (χ2n) is 3.81. The smallest absolute Gasteiger partial charge is 0.131 e. The third kappa shape index (κ3) is 2.11. The molecule has 1 atom stereocenters. The minimum atomic E-state index is -0.985. The van der Waals surface area contributed by atoms with E-state index in [1.165, 1.54) is 29.1 Å². The fourth-order valence-electron chi connectivity index (χ4n) is 1.88. The number of aromatic nitrogens is 2. The molecule has 0 aliphatic carbocycles. The van der Waals surface area contributed by atoms with Crippen molar-refractivity contribution in [2.45, 2.75) is 19.5 Å². The average molecular weight is 272 g/mol. The standard InChI is InChI=1S/C12H12ClF2N3/c1-2-18-12(7(13)6-17-18)11(16)10-8(14)4-3-5-9(10)15/h3-6,11H,2,16H2,1H3. The van der Waals surface area contributed by atoms with Gasteiger partial charge in [0.2, 0.25) is 0 Å². The van der Waals surface area contributed by atoms with Gasteiger partial charge in [0.25, 0.3) is 0 Å². The second kappa shape index (κ2) is 5.04. The van der Waals surface area contributed by atoms with Crippen LogP contribution in [0.4, 0.5) is 8.78 Å². The van der Waals surface area contributed by atoms with E-state index in [4.69, 9.17) is 17.3 Å². The Hall–Kier alpha value is -1.46. The summed E-state index contributed by atoms with van der Waals surface area (Å²) in [6.07, 6.45) is 1.42. The molecule has 0 aliphatic rings. The lowest BCUT2D eigenvalue weighted by Crippen LogP contribution is -2.20. The van der Waals surface area contributed by atoms with Crippen LogP contribution < -0.4 is 5.73 Å². The molecule has 6 heteroatoms. The van der Waals surface area contributed by atoms with Gasteiger partial charge in [-0.15, -0.1) is 0 Å². The molecule has 1 heterocycles. The number of aryl methyl sites for hydroxylation is 1. The zero-order chi connectivity index (χ0) is 13.3. The number of halogens is 3. The fourth-order valence-corrected chi connectivity index (χ4v) is 2.14. The molecule has 0 saturated heterocycles. The van der Waals surface area contributed by atoms with Crippen molar-refractivity contribution in [3.05, 3.63) is 52.3 Å². The van der Waals surface area contributed by atoms with Gasteiger partial charge in [0.15, 0.2) is 0 Å². The summed E-state index contributed by atoms with van der Waals surface area (Å²) in [6.45, 7) is 2.36. The van der Waals surface area contributed by atoms with Crippen molar-refractivity contribution in [1.82, 2.24) is 9.78 Å². The third-order valence-corrected chi connectivity index (χ3v) is 3.03. The Morgan fingerprint density at radius 2 is 2.00 bits per heavy atom.